The molecule has 3 N–H and O–H groups in total. The number of benzene rings is 2. The van der Waals surface area contributed by atoms with Gasteiger partial charge in [-0.25, -0.2) is 0 Å². The predicted molar refractivity (Wildman–Crippen MR) is 117 cm³/mol. The molecule has 0 fully saturated rings. The molecule has 31 heavy (non-hydrogen) atoms. The summed E-state index contributed by atoms with van der Waals surface area (Å²) in [6.45, 7) is 2.58. The van der Waals surface area contributed by atoms with Gasteiger partial charge in [0.25, 0.3) is 0 Å². The fraction of sp³-hybridized carbons (Fsp3) is 0.217. The van der Waals surface area contributed by atoms with E-state index in [9.17, 15) is 5.26 Å². The molecule has 2 heterocycles. The van der Waals surface area contributed by atoms with Crippen molar-refractivity contribution in [3.63, 3.8) is 0 Å². The molecule has 0 aliphatic carbocycles. The Bertz CT molecular complexity index is 1180. The standard InChI is InChI=1S/C23H21ClN4O3/c1-3-10-30-18-11-14(6-9-17(18)29-2)19-16(12-25)22(26)31-23-20(19)21(27-28-23)13-4-7-15(24)8-5-13/h4-9,11,19H,3,10,26H2,1-2H3,(H,27,28)/t19-/m0/s1. The Morgan fingerprint density at radius 2 is 2.00 bits per heavy atom. The smallest absolute Gasteiger partial charge is 0.244 e. The highest BCUT2D eigenvalue weighted by atomic mass is 35.5. The van der Waals surface area contributed by atoms with Crippen LogP contribution in [0.25, 0.3) is 11.3 Å². The van der Waals surface area contributed by atoms with Gasteiger partial charge in [-0.15, -0.1) is 5.10 Å². The molecule has 158 valence electrons. The molecule has 4 rings (SSSR count). The number of nitrogens with zero attached hydrogens (tertiary/aromatic N) is 2. The summed E-state index contributed by atoms with van der Waals surface area (Å²) in [6, 6.07) is 15.1. The normalized spacial score (nSPS) is 15.1. The number of methoxy groups -OCH3 is 1. The van der Waals surface area contributed by atoms with E-state index < -0.39 is 5.92 Å². The second-order valence-electron chi connectivity index (χ2n) is 7.01. The number of rotatable bonds is 6. The van der Waals surface area contributed by atoms with Crippen molar-refractivity contribution < 1.29 is 14.2 Å². The van der Waals surface area contributed by atoms with E-state index in [0.29, 0.717) is 34.6 Å². The fourth-order valence-corrected chi connectivity index (χ4v) is 3.74. The maximum absolute atomic E-state index is 9.89. The summed E-state index contributed by atoms with van der Waals surface area (Å²) in [4.78, 5) is 0. The van der Waals surface area contributed by atoms with Crippen molar-refractivity contribution in [1.82, 2.24) is 10.2 Å². The van der Waals surface area contributed by atoms with Crippen LogP contribution < -0.4 is 19.9 Å². The highest BCUT2D eigenvalue weighted by Crippen LogP contribution is 2.47. The lowest BCUT2D eigenvalue weighted by Gasteiger charge is -2.25. The van der Waals surface area contributed by atoms with Crippen molar-refractivity contribution in [3.8, 4) is 34.7 Å². The second kappa shape index (κ2) is 8.62. The number of nitriles is 1. The first-order chi connectivity index (χ1) is 15.1. The SMILES string of the molecule is CCCOc1cc([C@H]2C(C#N)=C(N)Oc3n[nH]c(-c4ccc(Cl)cc4)c32)ccc1OC. The molecular weight excluding hydrogens is 416 g/mol. The molecule has 0 radical (unpaired) electrons. The van der Waals surface area contributed by atoms with E-state index in [2.05, 4.69) is 16.3 Å². The van der Waals surface area contributed by atoms with Crippen molar-refractivity contribution in [2.75, 3.05) is 13.7 Å². The Hall–Kier alpha value is -3.63. The van der Waals surface area contributed by atoms with Crippen LogP contribution in [-0.4, -0.2) is 23.9 Å². The van der Waals surface area contributed by atoms with Crippen LogP contribution in [0.3, 0.4) is 0 Å². The van der Waals surface area contributed by atoms with Crippen LogP contribution in [-0.2, 0) is 0 Å². The largest absolute Gasteiger partial charge is 0.493 e. The lowest BCUT2D eigenvalue weighted by atomic mass is 9.83. The molecule has 1 aliphatic rings. The zero-order valence-electron chi connectivity index (χ0n) is 17.1. The average molecular weight is 437 g/mol. The number of ether oxygens (including phenoxy) is 3. The average Bonchev–Trinajstić information content (AvgIpc) is 3.20. The Morgan fingerprint density at radius 3 is 2.68 bits per heavy atom. The first-order valence-electron chi connectivity index (χ1n) is 9.79. The van der Waals surface area contributed by atoms with E-state index >= 15 is 0 Å². The van der Waals surface area contributed by atoms with Crippen LogP contribution in [0, 0.1) is 11.3 Å². The van der Waals surface area contributed by atoms with E-state index in [1.165, 1.54) is 0 Å². The van der Waals surface area contributed by atoms with Gasteiger partial charge in [0, 0.05) is 10.6 Å². The van der Waals surface area contributed by atoms with Gasteiger partial charge < -0.3 is 19.9 Å². The van der Waals surface area contributed by atoms with Crippen molar-refractivity contribution >= 4 is 11.6 Å². The molecule has 1 atom stereocenters. The molecule has 7 nitrogen and oxygen atoms in total. The number of H-pyrrole nitrogens is 1. The third-order valence-electron chi connectivity index (χ3n) is 5.05. The van der Waals surface area contributed by atoms with Crippen molar-refractivity contribution in [2.24, 2.45) is 5.73 Å². The van der Waals surface area contributed by atoms with Gasteiger partial charge in [0.2, 0.25) is 11.8 Å². The molecule has 8 heteroatoms. The summed E-state index contributed by atoms with van der Waals surface area (Å²) < 4.78 is 17.0. The molecule has 0 bridgehead atoms. The summed E-state index contributed by atoms with van der Waals surface area (Å²) in [5.74, 6) is 1.08. The Balaban J connectivity index is 1.89. The molecule has 3 aromatic rings. The third kappa shape index (κ3) is 3.78. The van der Waals surface area contributed by atoms with Gasteiger partial charge in [-0.3, -0.25) is 5.10 Å². The summed E-state index contributed by atoms with van der Waals surface area (Å²) in [7, 11) is 1.59. The number of halogens is 1. The van der Waals surface area contributed by atoms with Gasteiger partial charge in [0.1, 0.15) is 11.6 Å². The number of aromatic amines is 1. The molecule has 0 unspecified atom stereocenters. The fourth-order valence-electron chi connectivity index (χ4n) is 3.61. The maximum atomic E-state index is 9.89. The van der Waals surface area contributed by atoms with Crippen LogP contribution in [0.5, 0.6) is 17.4 Å². The van der Waals surface area contributed by atoms with Gasteiger partial charge in [-0.05, 0) is 36.2 Å². The molecule has 0 amide bonds. The molecule has 1 aromatic heterocycles. The van der Waals surface area contributed by atoms with E-state index in [4.69, 9.17) is 31.5 Å². The Kier molecular flexibility index (Phi) is 5.74. The first kappa shape index (κ1) is 20.6. The molecule has 0 saturated carbocycles. The van der Waals surface area contributed by atoms with E-state index in [-0.39, 0.29) is 5.88 Å². The number of hydrogen-bond acceptors (Lipinski definition) is 6. The summed E-state index contributed by atoms with van der Waals surface area (Å²) in [5.41, 5.74) is 9.51. The molecular formula is C23H21ClN4O3. The van der Waals surface area contributed by atoms with E-state index in [1.807, 2.05) is 37.3 Å². The monoisotopic (exact) mass is 436 g/mol. The Labute approximate surface area is 185 Å². The van der Waals surface area contributed by atoms with Crippen molar-refractivity contribution in [2.45, 2.75) is 19.3 Å². The van der Waals surface area contributed by atoms with Crippen LogP contribution in [0.1, 0.15) is 30.4 Å². The van der Waals surface area contributed by atoms with Gasteiger partial charge in [0.15, 0.2) is 11.5 Å². The van der Waals surface area contributed by atoms with Gasteiger partial charge in [-0.2, -0.15) is 5.26 Å². The number of nitrogens with one attached hydrogen (secondary N) is 1. The number of nitrogens with two attached hydrogens (primary N) is 1. The zero-order valence-corrected chi connectivity index (χ0v) is 17.9. The topological polar surface area (TPSA) is 106 Å². The van der Waals surface area contributed by atoms with E-state index in [1.54, 1.807) is 19.2 Å². The van der Waals surface area contributed by atoms with Gasteiger partial charge in [0.05, 0.1) is 30.9 Å². The van der Waals surface area contributed by atoms with Crippen LogP contribution in [0.2, 0.25) is 5.02 Å². The summed E-state index contributed by atoms with van der Waals surface area (Å²) in [5, 5.41) is 17.8. The van der Waals surface area contributed by atoms with Crippen LogP contribution in [0.15, 0.2) is 53.9 Å². The minimum absolute atomic E-state index is 0.0287. The van der Waals surface area contributed by atoms with E-state index in [0.717, 1.165) is 28.8 Å². The van der Waals surface area contributed by atoms with Gasteiger partial charge >= 0.3 is 0 Å². The lowest BCUT2D eigenvalue weighted by Crippen LogP contribution is -2.21. The van der Waals surface area contributed by atoms with Crippen molar-refractivity contribution in [1.29, 1.82) is 5.26 Å². The minimum atomic E-state index is -0.493. The van der Waals surface area contributed by atoms with Gasteiger partial charge in [-0.1, -0.05) is 36.7 Å². The van der Waals surface area contributed by atoms with Crippen LogP contribution in [0.4, 0.5) is 0 Å². The minimum Gasteiger partial charge on any atom is -0.493 e. The number of fused-ring (bicyclic) bond motifs is 1. The first-order valence-corrected chi connectivity index (χ1v) is 10.2. The molecule has 0 saturated heterocycles. The summed E-state index contributed by atoms with van der Waals surface area (Å²) >= 11 is 6.05. The highest BCUT2D eigenvalue weighted by molar-refractivity contribution is 6.30. The number of hydrogen-bond donors (Lipinski definition) is 2. The molecule has 1 aliphatic heterocycles. The maximum Gasteiger partial charge on any atom is 0.244 e. The summed E-state index contributed by atoms with van der Waals surface area (Å²) in [6.07, 6.45) is 0.855. The zero-order chi connectivity index (χ0) is 22.0. The van der Waals surface area contributed by atoms with Crippen LogP contribution >= 0.6 is 11.6 Å². The molecule has 2 aromatic carbocycles. The van der Waals surface area contributed by atoms with Crippen molar-refractivity contribution in [3.05, 3.63) is 70.1 Å². The number of allylic oxidation sites excluding steroid dienone is 1. The molecule has 0 spiro atoms. The lowest BCUT2D eigenvalue weighted by molar-refractivity contribution is 0.294. The number of aromatic nitrogens is 2. The Morgan fingerprint density at radius 1 is 1.23 bits per heavy atom. The highest BCUT2D eigenvalue weighted by Gasteiger charge is 2.36. The third-order valence-corrected chi connectivity index (χ3v) is 5.31. The second-order valence-corrected chi connectivity index (χ2v) is 7.44. The quantitative estimate of drug-likeness (QED) is 0.577. The predicted octanol–water partition coefficient (Wildman–Crippen LogP) is 4.75.